The largest absolute Gasteiger partial charge is 0.385 e. The molecule has 1 aromatic rings. The Morgan fingerprint density at radius 2 is 2.00 bits per heavy atom. The highest BCUT2D eigenvalue weighted by molar-refractivity contribution is 7.98. The molecule has 1 atom stereocenters. The van der Waals surface area contributed by atoms with E-state index >= 15 is 0 Å². The molecule has 2 nitrogen and oxygen atoms in total. The third-order valence-electron chi connectivity index (χ3n) is 2.46. The van der Waals surface area contributed by atoms with Crippen LogP contribution in [-0.2, 0) is 0 Å². The van der Waals surface area contributed by atoms with E-state index in [4.69, 9.17) is 5.73 Å². The summed E-state index contributed by atoms with van der Waals surface area (Å²) in [5, 5.41) is 3.40. The standard InChI is InChI=1S/C12H20N2S/c1-10(9-13)7-8-14-11-3-5-12(15-2)6-4-11/h3-6,10,14H,7-9,13H2,1-2H3. The molecular weight excluding hydrogens is 204 g/mol. The first-order valence-electron chi connectivity index (χ1n) is 5.34. The van der Waals surface area contributed by atoms with Crippen molar-refractivity contribution in [2.75, 3.05) is 24.7 Å². The average Bonchev–Trinajstić information content (AvgIpc) is 2.29. The topological polar surface area (TPSA) is 38.0 Å². The normalized spacial score (nSPS) is 12.5. The Hall–Kier alpha value is -0.670. The van der Waals surface area contributed by atoms with Crippen molar-refractivity contribution in [3.8, 4) is 0 Å². The molecule has 0 fully saturated rings. The summed E-state index contributed by atoms with van der Waals surface area (Å²) in [5.74, 6) is 0.600. The molecule has 84 valence electrons. The molecule has 0 aromatic heterocycles. The Balaban J connectivity index is 2.31. The summed E-state index contributed by atoms with van der Waals surface area (Å²) in [6.45, 7) is 3.95. The fourth-order valence-corrected chi connectivity index (χ4v) is 1.70. The minimum atomic E-state index is 0.600. The summed E-state index contributed by atoms with van der Waals surface area (Å²) in [7, 11) is 0. The van der Waals surface area contributed by atoms with Crippen LogP contribution in [0.25, 0.3) is 0 Å². The highest BCUT2D eigenvalue weighted by atomic mass is 32.2. The van der Waals surface area contributed by atoms with Crippen molar-refractivity contribution in [3.63, 3.8) is 0 Å². The first-order valence-corrected chi connectivity index (χ1v) is 6.56. The van der Waals surface area contributed by atoms with E-state index in [1.54, 1.807) is 11.8 Å². The Bertz CT molecular complexity index is 271. The van der Waals surface area contributed by atoms with Crippen molar-refractivity contribution >= 4 is 17.4 Å². The summed E-state index contributed by atoms with van der Waals surface area (Å²) in [6, 6.07) is 8.52. The van der Waals surface area contributed by atoms with Gasteiger partial charge in [0.1, 0.15) is 0 Å². The maximum absolute atomic E-state index is 5.56. The van der Waals surface area contributed by atoms with Crippen LogP contribution in [0.2, 0.25) is 0 Å². The Kier molecular flexibility index (Phi) is 5.58. The van der Waals surface area contributed by atoms with Gasteiger partial charge in [0, 0.05) is 17.1 Å². The molecule has 0 aliphatic carbocycles. The lowest BCUT2D eigenvalue weighted by Gasteiger charge is -2.10. The highest BCUT2D eigenvalue weighted by Gasteiger charge is 1.98. The number of hydrogen-bond donors (Lipinski definition) is 2. The lowest BCUT2D eigenvalue weighted by atomic mass is 10.1. The van der Waals surface area contributed by atoms with Gasteiger partial charge in [0.15, 0.2) is 0 Å². The van der Waals surface area contributed by atoms with Crippen LogP contribution in [0.5, 0.6) is 0 Å². The predicted octanol–water partition coefficient (Wildman–Crippen LogP) is 2.81. The second kappa shape index (κ2) is 6.75. The third kappa shape index (κ3) is 4.58. The number of hydrogen-bond acceptors (Lipinski definition) is 3. The van der Waals surface area contributed by atoms with Gasteiger partial charge in [-0.3, -0.25) is 0 Å². The van der Waals surface area contributed by atoms with Crippen LogP contribution in [-0.4, -0.2) is 19.3 Å². The Labute approximate surface area is 96.6 Å². The summed E-state index contributed by atoms with van der Waals surface area (Å²) in [6.07, 6.45) is 3.21. The molecular formula is C12H20N2S. The van der Waals surface area contributed by atoms with Crippen molar-refractivity contribution < 1.29 is 0 Å². The molecule has 0 radical (unpaired) electrons. The van der Waals surface area contributed by atoms with Crippen LogP contribution in [0.4, 0.5) is 5.69 Å². The van der Waals surface area contributed by atoms with Gasteiger partial charge in [0.25, 0.3) is 0 Å². The van der Waals surface area contributed by atoms with Crippen LogP contribution in [0.1, 0.15) is 13.3 Å². The molecule has 0 spiro atoms. The van der Waals surface area contributed by atoms with E-state index in [0.29, 0.717) is 5.92 Å². The number of rotatable bonds is 6. The molecule has 1 aromatic carbocycles. The van der Waals surface area contributed by atoms with E-state index in [1.165, 1.54) is 10.6 Å². The van der Waals surface area contributed by atoms with E-state index < -0.39 is 0 Å². The van der Waals surface area contributed by atoms with Gasteiger partial charge in [-0.25, -0.2) is 0 Å². The average molecular weight is 224 g/mol. The lowest BCUT2D eigenvalue weighted by Crippen LogP contribution is -2.14. The van der Waals surface area contributed by atoms with Gasteiger partial charge in [-0.15, -0.1) is 11.8 Å². The van der Waals surface area contributed by atoms with Gasteiger partial charge in [-0.2, -0.15) is 0 Å². The van der Waals surface area contributed by atoms with Gasteiger partial charge in [-0.1, -0.05) is 6.92 Å². The van der Waals surface area contributed by atoms with Gasteiger partial charge in [-0.05, 0) is 49.4 Å². The van der Waals surface area contributed by atoms with Gasteiger partial charge in [0.05, 0.1) is 0 Å². The van der Waals surface area contributed by atoms with Crippen LogP contribution >= 0.6 is 11.8 Å². The van der Waals surface area contributed by atoms with Crippen molar-refractivity contribution in [2.45, 2.75) is 18.2 Å². The number of anilines is 1. The molecule has 0 saturated carbocycles. The Morgan fingerprint density at radius 3 is 2.53 bits per heavy atom. The minimum Gasteiger partial charge on any atom is -0.385 e. The van der Waals surface area contributed by atoms with E-state index in [1.807, 2.05) is 0 Å². The highest BCUT2D eigenvalue weighted by Crippen LogP contribution is 2.17. The number of nitrogens with one attached hydrogen (secondary N) is 1. The van der Waals surface area contributed by atoms with Crippen LogP contribution in [0.3, 0.4) is 0 Å². The quantitative estimate of drug-likeness (QED) is 0.730. The molecule has 1 unspecified atom stereocenters. The second-order valence-electron chi connectivity index (χ2n) is 3.78. The summed E-state index contributed by atoms with van der Waals surface area (Å²) < 4.78 is 0. The molecule has 0 aliphatic heterocycles. The van der Waals surface area contributed by atoms with Crippen LogP contribution in [0.15, 0.2) is 29.2 Å². The molecule has 0 saturated heterocycles. The monoisotopic (exact) mass is 224 g/mol. The molecule has 1 rings (SSSR count). The van der Waals surface area contributed by atoms with Gasteiger partial charge < -0.3 is 11.1 Å². The summed E-state index contributed by atoms with van der Waals surface area (Å²) in [4.78, 5) is 1.30. The van der Waals surface area contributed by atoms with E-state index in [9.17, 15) is 0 Å². The molecule has 0 heterocycles. The molecule has 15 heavy (non-hydrogen) atoms. The number of thioether (sulfide) groups is 1. The minimum absolute atomic E-state index is 0.600. The van der Waals surface area contributed by atoms with Crippen molar-refractivity contribution in [2.24, 2.45) is 11.7 Å². The number of nitrogens with two attached hydrogens (primary N) is 1. The zero-order valence-corrected chi connectivity index (χ0v) is 10.3. The van der Waals surface area contributed by atoms with Crippen LogP contribution in [0, 0.1) is 5.92 Å². The molecule has 0 amide bonds. The lowest BCUT2D eigenvalue weighted by molar-refractivity contribution is 0.561. The summed E-state index contributed by atoms with van der Waals surface area (Å²) >= 11 is 1.77. The van der Waals surface area contributed by atoms with Crippen molar-refractivity contribution in [1.82, 2.24) is 0 Å². The number of benzene rings is 1. The van der Waals surface area contributed by atoms with Crippen molar-refractivity contribution in [1.29, 1.82) is 0 Å². The van der Waals surface area contributed by atoms with E-state index in [0.717, 1.165) is 19.5 Å². The zero-order valence-electron chi connectivity index (χ0n) is 9.49. The zero-order chi connectivity index (χ0) is 11.1. The Morgan fingerprint density at radius 1 is 1.33 bits per heavy atom. The molecule has 3 heteroatoms. The smallest absolute Gasteiger partial charge is 0.0340 e. The maximum Gasteiger partial charge on any atom is 0.0340 e. The molecule has 0 aliphatic rings. The van der Waals surface area contributed by atoms with Crippen molar-refractivity contribution in [3.05, 3.63) is 24.3 Å². The van der Waals surface area contributed by atoms with E-state index in [-0.39, 0.29) is 0 Å². The third-order valence-corrected chi connectivity index (χ3v) is 3.20. The van der Waals surface area contributed by atoms with Gasteiger partial charge in [0.2, 0.25) is 0 Å². The fraction of sp³-hybridized carbons (Fsp3) is 0.500. The van der Waals surface area contributed by atoms with E-state index in [2.05, 4.69) is 42.8 Å². The second-order valence-corrected chi connectivity index (χ2v) is 4.66. The summed E-state index contributed by atoms with van der Waals surface area (Å²) in [5.41, 5.74) is 6.75. The fourth-order valence-electron chi connectivity index (χ4n) is 1.29. The first kappa shape index (κ1) is 12.4. The first-order chi connectivity index (χ1) is 7.26. The maximum atomic E-state index is 5.56. The SMILES string of the molecule is CSc1ccc(NCCC(C)CN)cc1. The molecule has 3 N–H and O–H groups in total. The van der Waals surface area contributed by atoms with Gasteiger partial charge >= 0.3 is 0 Å². The molecule has 0 bridgehead atoms. The predicted molar refractivity (Wildman–Crippen MR) is 69.5 cm³/mol. The van der Waals surface area contributed by atoms with Crippen LogP contribution < -0.4 is 11.1 Å².